The molecule has 4 rings (SSSR count). The first kappa shape index (κ1) is 21.7. The van der Waals surface area contributed by atoms with E-state index in [4.69, 9.17) is 4.74 Å². The Morgan fingerprint density at radius 3 is 2.45 bits per heavy atom. The Kier molecular flexibility index (Phi) is 6.85. The van der Waals surface area contributed by atoms with Crippen LogP contribution < -0.4 is 4.74 Å². The highest BCUT2D eigenvalue weighted by atomic mass is 32.2. The molecule has 1 aromatic heterocycles. The second-order valence-electron chi connectivity index (χ2n) is 7.59. The molecule has 31 heavy (non-hydrogen) atoms. The lowest BCUT2D eigenvalue weighted by atomic mass is 10.0. The molecule has 0 aliphatic carbocycles. The molecule has 1 fully saturated rings. The van der Waals surface area contributed by atoms with Gasteiger partial charge in [0.15, 0.2) is 5.78 Å². The molecule has 1 aliphatic rings. The summed E-state index contributed by atoms with van der Waals surface area (Å²) in [6.07, 6.45) is 2.25. The molecule has 1 atom stereocenters. The number of para-hydroxylation sites is 1. The number of hydrogen-bond donors (Lipinski definition) is 0. The van der Waals surface area contributed by atoms with Gasteiger partial charge in [-0.05, 0) is 54.0 Å². The maximum absolute atomic E-state index is 12.9. The summed E-state index contributed by atoms with van der Waals surface area (Å²) in [4.78, 5) is 12.8. The maximum atomic E-state index is 12.9. The Bertz CT molecular complexity index is 1090. The fourth-order valence-corrected chi connectivity index (χ4v) is 6.59. The molecule has 5 nitrogen and oxygen atoms in total. The number of carbonyl (C=O) groups excluding carboxylic acids is 1. The van der Waals surface area contributed by atoms with Crippen LogP contribution in [-0.2, 0) is 27.8 Å². The average molecular weight is 456 g/mol. The molecule has 1 aliphatic heterocycles. The molecule has 162 valence electrons. The summed E-state index contributed by atoms with van der Waals surface area (Å²) in [5, 5.41) is 1.74. The van der Waals surface area contributed by atoms with E-state index in [9.17, 15) is 13.2 Å². The number of Topliss-reactive ketones (excluding diaryl/α,β-unsaturated/α-hetero) is 1. The van der Waals surface area contributed by atoms with Gasteiger partial charge in [0.1, 0.15) is 16.6 Å². The molecule has 0 N–H and O–H groups in total. The van der Waals surface area contributed by atoms with Crippen molar-refractivity contribution in [1.82, 2.24) is 4.31 Å². The zero-order valence-electron chi connectivity index (χ0n) is 17.1. The molecule has 0 bridgehead atoms. The summed E-state index contributed by atoms with van der Waals surface area (Å²) in [7, 11) is -3.59. The first-order valence-corrected chi connectivity index (χ1v) is 12.7. The molecule has 0 saturated carbocycles. The van der Waals surface area contributed by atoms with Crippen LogP contribution in [0.1, 0.15) is 30.4 Å². The van der Waals surface area contributed by atoms with E-state index < -0.39 is 16.1 Å². The number of hydrogen-bond acceptors (Lipinski definition) is 5. The van der Waals surface area contributed by atoms with Crippen molar-refractivity contribution in [2.75, 3.05) is 6.54 Å². The summed E-state index contributed by atoms with van der Waals surface area (Å²) in [5.74, 6) is 0.824. The molecule has 1 saturated heterocycles. The number of aryl methyl sites for hydroxylation is 1. The minimum absolute atomic E-state index is 0.00545. The zero-order chi connectivity index (χ0) is 21.7. The first-order valence-electron chi connectivity index (χ1n) is 10.4. The van der Waals surface area contributed by atoms with Crippen LogP contribution in [0.5, 0.6) is 5.75 Å². The van der Waals surface area contributed by atoms with Crippen molar-refractivity contribution in [3.05, 3.63) is 83.2 Å². The minimum Gasteiger partial charge on any atom is -0.489 e. The highest BCUT2D eigenvalue weighted by Crippen LogP contribution is 2.29. The van der Waals surface area contributed by atoms with E-state index in [-0.39, 0.29) is 5.78 Å². The van der Waals surface area contributed by atoms with E-state index in [2.05, 4.69) is 0 Å². The minimum atomic E-state index is -3.59. The van der Waals surface area contributed by atoms with Gasteiger partial charge >= 0.3 is 0 Å². The van der Waals surface area contributed by atoms with Crippen molar-refractivity contribution < 1.29 is 17.9 Å². The van der Waals surface area contributed by atoms with E-state index in [0.717, 1.165) is 23.3 Å². The molecule has 2 heterocycles. The number of carbonyl (C=O) groups is 1. The number of thiophene rings is 1. The first-order chi connectivity index (χ1) is 15.0. The van der Waals surface area contributed by atoms with Gasteiger partial charge in [-0.15, -0.1) is 11.3 Å². The summed E-state index contributed by atoms with van der Waals surface area (Å²) in [6.45, 7) is 0.896. The second-order valence-corrected chi connectivity index (χ2v) is 10.7. The third-order valence-corrected chi connectivity index (χ3v) is 8.75. The van der Waals surface area contributed by atoms with Gasteiger partial charge in [0.25, 0.3) is 10.0 Å². The Hall–Kier alpha value is -2.48. The predicted molar refractivity (Wildman–Crippen MR) is 122 cm³/mol. The molecule has 0 spiro atoms. The molecular weight excluding hydrogens is 430 g/mol. The van der Waals surface area contributed by atoms with Crippen LogP contribution in [0.4, 0.5) is 0 Å². The molecule has 3 aromatic rings. The quantitative estimate of drug-likeness (QED) is 0.470. The smallest absolute Gasteiger partial charge is 0.253 e. The topological polar surface area (TPSA) is 63.7 Å². The van der Waals surface area contributed by atoms with E-state index in [0.29, 0.717) is 36.6 Å². The average Bonchev–Trinajstić information content (AvgIpc) is 3.50. The fraction of sp³-hybridized carbons (Fsp3) is 0.292. The Morgan fingerprint density at radius 2 is 1.74 bits per heavy atom. The monoisotopic (exact) mass is 455 g/mol. The largest absolute Gasteiger partial charge is 0.489 e. The highest BCUT2D eigenvalue weighted by molar-refractivity contribution is 7.91. The lowest BCUT2D eigenvalue weighted by Crippen LogP contribution is -2.40. The standard InChI is InChI=1S/C24H25NO4S2/c26-23(22-8-4-16-25(22)31(27,28)24-9-5-17-30-24)15-14-19-10-12-20(13-11-19)18-29-21-6-2-1-3-7-21/h1-3,5-7,9-13,17,22H,4,8,14-16,18H2/t22-/m0/s1. The summed E-state index contributed by atoms with van der Waals surface area (Å²) in [6, 6.07) is 20.5. The molecule has 2 aromatic carbocycles. The van der Waals surface area contributed by atoms with E-state index in [1.54, 1.807) is 17.5 Å². The third-order valence-electron chi connectivity index (χ3n) is 5.47. The van der Waals surface area contributed by atoms with Gasteiger partial charge in [-0.1, -0.05) is 48.5 Å². The SMILES string of the molecule is O=C(CCc1ccc(COc2ccccc2)cc1)[C@@H]1CCCN1S(=O)(=O)c1cccs1. The Labute approximate surface area is 187 Å². The Balaban J connectivity index is 1.32. The molecular formula is C24H25NO4S2. The van der Waals surface area contributed by atoms with Gasteiger partial charge in [-0.3, -0.25) is 4.79 Å². The van der Waals surface area contributed by atoms with Crippen molar-refractivity contribution in [3.8, 4) is 5.75 Å². The number of ether oxygens (including phenoxy) is 1. The lowest BCUT2D eigenvalue weighted by molar-refractivity contribution is -0.122. The van der Waals surface area contributed by atoms with Gasteiger partial charge in [0.05, 0.1) is 6.04 Å². The van der Waals surface area contributed by atoms with Crippen molar-refractivity contribution >= 4 is 27.1 Å². The molecule has 0 unspecified atom stereocenters. The lowest BCUT2D eigenvalue weighted by Gasteiger charge is -2.22. The van der Waals surface area contributed by atoms with E-state index in [1.807, 2.05) is 54.6 Å². The second kappa shape index (κ2) is 9.77. The van der Waals surface area contributed by atoms with Crippen molar-refractivity contribution in [3.63, 3.8) is 0 Å². The van der Waals surface area contributed by atoms with Crippen LogP contribution in [0.3, 0.4) is 0 Å². The van der Waals surface area contributed by atoms with E-state index >= 15 is 0 Å². The van der Waals surface area contributed by atoms with Gasteiger partial charge < -0.3 is 4.74 Å². The number of nitrogens with zero attached hydrogens (tertiary/aromatic N) is 1. The number of sulfonamides is 1. The number of benzene rings is 2. The van der Waals surface area contributed by atoms with Gasteiger partial charge in [0.2, 0.25) is 0 Å². The van der Waals surface area contributed by atoms with Crippen molar-refractivity contribution in [1.29, 1.82) is 0 Å². The van der Waals surface area contributed by atoms with E-state index in [1.165, 1.54) is 15.6 Å². The van der Waals surface area contributed by atoms with Crippen LogP contribution in [0.25, 0.3) is 0 Å². The van der Waals surface area contributed by atoms with Gasteiger partial charge in [0, 0.05) is 13.0 Å². The van der Waals surface area contributed by atoms with Crippen LogP contribution in [0, 0.1) is 0 Å². The van der Waals surface area contributed by atoms with Gasteiger partial charge in [-0.2, -0.15) is 4.31 Å². The van der Waals surface area contributed by atoms with Crippen LogP contribution in [0.2, 0.25) is 0 Å². The third kappa shape index (κ3) is 5.23. The summed E-state index contributed by atoms with van der Waals surface area (Å²) >= 11 is 1.19. The maximum Gasteiger partial charge on any atom is 0.253 e. The summed E-state index contributed by atoms with van der Waals surface area (Å²) < 4.78 is 33.2. The highest BCUT2D eigenvalue weighted by Gasteiger charge is 2.39. The summed E-state index contributed by atoms with van der Waals surface area (Å²) in [5.41, 5.74) is 2.12. The normalized spacial score (nSPS) is 17.0. The van der Waals surface area contributed by atoms with Crippen molar-refractivity contribution in [2.24, 2.45) is 0 Å². The molecule has 0 radical (unpaired) electrons. The van der Waals surface area contributed by atoms with Crippen LogP contribution >= 0.6 is 11.3 Å². The molecule has 0 amide bonds. The fourth-order valence-electron chi connectivity index (χ4n) is 3.80. The number of rotatable bonds is 9. The zero-order valence-corrected chi connectivity index (χ0v) is 18.8. The predicted octanol–water partition coefficient (Wildman–Crippen LogP) is 4.68. The van der Waals surface area contributed by atoms with Crippen LogP contribution in [0.15, 0.2) is 76.3 Å². The van der Waals surface area contributed by atoms with Gasteiger partial charge in [-0.25, -0.2) is 8.42 Å². The van der Waals surface area contributed by atoms with Crippen molar-refractivity contribution in [2.45, 2.75) is 42.5 Å². The van der Waals surface area contributed by atoms with Crippen LogP contribution in [-0.4, -0.2) is 31.1 Å². The Morgan fingerprint density at radius 1 is 1.00 bits per heavy atom. The number of ketones is 1. The molecule has 7 heteroatoms.